The number of halogens is 3. The standard InChI is InChI=1S/C21H19Cl3N4O4/c22-14-11-16(19(24)17(23)12-14)20-28-18(13-25)21(32-20)27-5-6-29-7-8-30-9-10-31-15-1-3-26-4-2-15/h1-4,11-12,27H,5-10H2. The molecule has 0 aliphatic carbocycles. The number of oxazole rings is 1. The maximum Gasteiger partial charge on any atom is 0.232 e. The van der Waals surface area contributed by atoms with Crippen molar-refractivity contribution < 1.29 is 18.6 Å². The summed E-state index contributed by atoms with van der Waals surface area (Å²) in [6.45, 7) is 2.52. The van der Waals surface area contributed by atoms with E-state index in [4.69, 9.17) is 53.4 Å². The van der Waals surface area contributed by atoms with E-state index in [2.05, 4.69) is 15.3 Å². The lowest BCUT2D eigenvalue weighted by atomic mass is 10.2. The van der Waals surface area contributed by atoms with Gasteiger partial charge in [0.25, 0.3) is 0 Å². The summed E-state index contributed by atoms with van der Waals surface area (Å²) >= 11 is 18.3. The smallest absolute Gasteiger partial charge is 0.232 e. The molecule has 2 aromatic heterocycles. The minimum Gasteiger partial charge on any atom is -0.491 e. The number of aromatic nitrogens is 2. The number of benzene rings is 1. The second-order valence-corrected chi connectivity index (χ2v) is 7.46. The Morgan fingerprint density at radius 2 is 1.72 bits per heavy atom. The van der Waals surface area contributed by atoms with E-state index in [0.29, 0.717) is 50.2 Å². The number of hydrogen-bond acceptors (Lipinski definition) is 8. The first-order valence-electron chi connectivity index (χ1n) is 9.56. The van der Waals surface area contributed by atoms with Crippen LogP contribution in [-0.2, 0) is 9.47 Å². The monoisotopic (exact) mass is 496 g/mol. The molecule has 0 fully saturated rings. The van der Waals surface area contributed by atoms with Crippen LogP contribution in [-0.4, -0.2) is 49.5 Å². The number of ether oxygens (including phenoxy) is 3. The topological polar surface area (TPSA) is 102 Å². The first-order chi connectivity index (χ1) is 15.6. The Morgan fingerprint density at radius 1 is 1.00 bits per heavy atom. The van der Waals surface area contributed by atoms with Gasteiger partial charge in [0.15, 0.2) is 0 Å². The predicted molar refractivity (Wildman–Crippen MR) is 122 cm³/mol. The molecule has 8 nitrogen and oxygen atoms in total. The second-order valence-electron chi connectivity index (χ2n) is 6.24. The van der Waals surface area contributed by atoms with Gasteiger partial charge in [0.05, 0.1) is 42.0 Å². The SMILES string of the molecule is N#Cc1nc(-c2cc(Cl)cc(Cl)c2Cl)oc1NCCOCCOCCOc1ccncc1. The molecular formula is C21H19Cl3N4O4. The van der Waals surface area contributed by atoms with E-state index < -0.39 is 0 Å². The van der Waals surface area contributed by atoms with Crippen LogP contribution in [0.15, 0.2) is 41.1 Å². The summed E-state index contributed by atoms with van der Waals surface area (Å²) < 4.78 is 22.1. The highest BCUT2D eigenvalue weighted by Crippen LogP contribution is 2.37. The maximum atomic E-state index is 9.31. The number of nitriles is 1. The zero-order valence-electron chi connectivity index (χ0n) is 16.8. The summed E-state index contributed by atoms with van der Waals surface area (Å²) in [6, 6.07) is 8.62. The number of pyridine rings is 1. The zero-order chi connectivity index (χ0) is 22.8. The summed E-state index contributed by atoms with van der Waals surface area (Å²) in [7, 11) is 0. The van der Waals surface area contributed by atoms with Crippen LogP contribution < -0.4 is 10.1 Å². The van der Waals surface area contributed by atoms with Crippen LogP contribution in [0.3, 0.4) is 0 Å². The second kappa shape index (κ2) is 12.5. The molecule has 0 spiro atoms. The van der Waals surface area contributed by atoms with Crippen molar-refractivity contribution in [3.63, 3.8) is 0 Å². The van der Waals surface area contributed by atoms with Crippen LogP contribution in [0.4, 0.5) is 5.88 Å². The molecule has 32 heavy (non-hydrogen) atoms. The van der Waals surface area contributed by atoms with Crippen molar-refractivity contribution in [2.24, 2.45) is 0 Å². The maximum absolute atomic E-state index is 9.31. The molecule has 3 aromatic rings. The summed E-state index contributed by atoms with van der Waals surface area (Å²) in [6.07, 6.45) is 3.33. The molecule has 2 heterocycles. The fourth-order valence-electron chi connectivity index (χ4n) is 2.55. The first-order valence-corrected chi connectivity index (χ1v) is 10.7. The van der Waals surface area contributed by atoms with E-state index in [1.807, 2.05) is 6.07 Å². The van der Waals surface area contributed by atoms with Crippen LogP contribution in [0.2, 0.25) is 15.1 Å². The van der Waals surface area contributed by atoms with Gasteiger partial charge < -0.3 is 23.9 Å². The molecule has 0 saturated carbocycles. The molecule has 1 aromatic carbocycles. The van der Waals surface area contributed by atoms with Crippen molar-refractivity contribution >= 4 is 40.7 Å². The summed E-state index contributed by atoms with van der Waals surface area (Å²) in [4.78, 5) is 8.07. The largest absolute Gasteiger partial charge is 0.491 e. The first kappa shape index (κ1) is 24.1. The highest BCUT2D eigenvalue weighted by atomic mass is 35.5. The molecule has 1 N–H and O–H groups in total. The van der Waals surface area contributed by atoms with Gasteiger partial charge in [-0.3, -0.25) is 4.98 Å². The number of nitrogens with one attached hydrogen (secondary N) is 1. The van der Waals surface area contributed by atoms with Gasteiger partial charge in [-0.25, -0.2) is 0 Å². The average Bonchev–Trinajstić information content (AvgIpc) is 3.21. The third-order valence-corrected chi connectivity index (χ3v) is 5.03. The Hall–Kier alpha value is -2.54. The molecule has 0 radical (unpaired) electrons. The average molecular weight is 498 g/mol. The van der Waals surface area contributed by atoms with Crippen LogP contribution >= 0.6 is 34.8 Å². The minimum atomic E-state index is 0.0877. The Kier molecular flexibility index (Phi) is 9.41. The number of rotatable bonds is 12. The van der Waals surface area contributed by atoms with Gasteiger partial charge in [0, 0.05) is 24.0 Å². The van der Waals surface area contributed by atoms with Gasteiger partial charge in [0.1, 0.15) is 18.4 Å². The molecule has 0 amide bonds. The van der Waals surface area contributed by atoms with Gasteiger partial charge in [-0.15, -0.1) is 0 Å². The Labute approximate surface area is 200 Å². The fraction of sp³-hybridized carbons (Fsp3) is 0.286. The number of hydrogen-bond donors (Lipinski definition) is 1. The van der Waals surface area contributed by atoms with Crippen LogP contribution in [0.25, 0.3) is 11.5 Å². The zero-order valence-corrected chi connectivity index (χ0v) is 19.1. The van der Waals surface area contributed by atoms with Gasteiger partial charge in [-0.05, 0) is 24.3 Å². The van der Waals surface area contributed by atoms with Crippen molar-refractivity contribution in [3.05, 3.63) is 57.4 Å². The lowest BCUT2D eigenvalue weighted by Crippen LogP contribution is -2.14. The van der Waals surface area contributed by atoms with E-state index in [-0.39, 0.29) is 27.5 Å². The molecule has 0 unspecified atom stereocenters. The number of anilines is 1. The summed E-state index contributed by atoms with van der Waals surface area (Å²) in [5.74, 6) is 1.10. The van der Waals surface area contributed by atoms with Gasteiger partial charge >= 0.3 is 0 Å². The predicted octanol–water partition coefficient (Wildman–Crippen LogP) is 5.09. The molecule has 0 saturated heterocycles. The molecule has 0 bridgehead atoms. The van der Waals surface area contributed by atoms with Crippen molar-refractivity contribution in [1.29, 1.82) is 5.26 Å². The lowest BCUT2D eigenvalue weighted by Gasteiger charge is -2.08. The number of nitrogens with zero attached hydrogens (tertiary/aromatic N) is 3. The van der Waals surface area contributed by atoms with E-state index in [1.165, 1.54) is 6.07 Å². The minimum absolute atomic E-state index is 0.0877. The van der Waals surface area contributed by atoms with E-state index in [1.54, 1.807) is 30.6 Å². The quantitative estimate of drug-likeness (QED) is 0.273. The summed E-state index contributed by atoms with van der Waals surface area (Å²) in [5.41, 5.74) is 0.486. The molecule has 11 heteroatoms. The van der Waals surface area contributed by atoms with Crippen molar-refractivity contribution in [2.45, 2.75) is 0 Å². The van der Waals surface area contributed by atoms with E-state index in [0.717, 1.165) is 5.75 Å². The van der Waals surface area contributed by atoms with Crippen molar-refractivity contribution in [3.8, 4) is 23.3 Å². The van der Waals surface area contributed by atoms with E-state index in [9.17, 15) is 5.26 Å². The van der Waals surface area contributed by atoms with Crippen LogP contribution in [0.5, 0.6) is 5.75 Å². The van der Waals surface area contributed by atoms with E-state index >= 15 is 0 Å². The van der Waals surface area contributed by atoms with Gasteiger partial charge in [-0.2, -0.15) is 10.2 Å². The summed E-state index contributed by atoms with van der Waals surface area (Å²) in [5, 5.41) is 13.2. The van der Waals surface area contributed by atoms with Crippen LogP contribution in [0.1, 0.15) is 5.69 Å². The molecule has 0 aliphatic heterocycles. The van der Waals surface area contributed by atoms with Gasteiger partial charge in [-0.1, -0.05) is 34.8 Å². The Morgan fingerprint density at radius 3 is 2.47 bits per heavy atom. The Balaban J connectivity index is 1.36. The normalized spacial score (nSPS) is 10.7. The molecule has 3 rings (SSSR count). The molecular weight excluding hydrogens is 479 g/mol. The third kappa shape index (κ3) is 6.99. The van der Waals surface area contributed by atoms with Gasteiger partial charge in [0.2, 0.25) is 17.5 Å². The third-order valence-electron chi connectivity index (χ3n) is 4.01. The molecule has 168 valence electrons. The fourth-order valence-corrected chi connectivity index (χ4v) is 3.24. The Bertz CT molecular complexity index is 1060. The van der Waals surface area contributed by atoms with Crippen molar-refractivity contribution in [1.82, 2.24) is 9.97 Å². The van der Waals surface area contributed by atoms with Crippen molar-refractivity contribution in [2.75, 3.05) is 44.9 Å². The van der Waals surface area contributed by atoms with Crippen LogP contribution in [0, 0.1) is 11.3 Å². The highest BCUT2D eigenvalue weighted by molar-refractivity contribution is 6.44. The molecule has 0 aliphatic rings. The molecule has 0 atom stereocenters. The lowest BCUT2D eigenvalue weighted by molar-refractivity contribution is 0.0394. The highest BCUT2D eigenvalue weighted by Gasteiger charge is 2.18.